The Morgan fingerprint density at radius 2 is 1.79 bits per heavy atom. The largest absolute Gasteiger partial charge is 0.389 e. The van der Waals surface area contributed by atoms with Crippen LogP contribution in [0.15, 0.2) is 0 Å². The maximum Gasteiger partial charge on any atom is 0.221 e. The Balaban J connectivity index is 1.59. The van der Waals surface area contributed by atoms with Gasteiger partial charge >= 0.3 is 0 Å². The van der Waals surface area contributed by atoms with Gasteiger partial charge in [-0.25, -0.2) is 0 Å². The molecule has 1 amide bonds. The predicted molar refractivity (Wildman–Crippen MR) is 75.0 cm³/mol. The first-order chi connectivity index (χ1) is 8.92. The number of nitrogens with zero attached hydrogens (tertiary/aromatic N) is 2. The van der Waals surface area contributed by atoms with Crippen LogP contribution in [0, 0.1) is 0 Å². The van der Waals surface area contributed by atoms with E-state index in [1.54, 1.807) is 0 Å². The summed E-state index contributed by atoms with van der Waals surface area (Å²) in [5.41, 5.74) is -0.619. The fourth-order valence-electron chi connectivity index (χ4n) is 2.51. The SMILES string of the molecule is CC(C)(O)CN1CCN(CCC(=O)NC2CC2)CC1. The van der Waals surface area contributed by atoms with E-state index in [9.17, 15) is 9.90 Å². The van der Waals surface area contributed by atoms with Crippen LogP contribution in [0.25, 0.3) is 0 Å². The molecule has 1 saturated carbocycles. The van der Waals surface area contributed by atoms with Gasteiger partial charge in [0, 0.05) is 51.7 Å². The molecule has 2 fully saturated rings. The van der Waals surface area contributed by atoms with Gasteiger partial charge in [0.05, 0.1) is 5.60 Å². The van der Waals surface area contributed by atoms with Gasteiger partial charge in [-0.15, -0.1) is 0 Å². The minimum Gasteiger partial charge on any atom is -0.389 e. The second-order valence-corrected chi connectivity index (χ2v) is 6.52. The average molecular weight is 269 g/mol. The Morgan fingerprint density at radius 3 is 2.32 bits per heavy atom. The molecule has 5 nitrogen and oxygen atoms in total. The normalized spacial score (nSPS) is 22.5. The van der Waals surface area contributed by atoms with Gasteiger partial charge in [-0.1, -0.05) is 0 Å². The van der Waals surface area contributed by atoms with Gasteiger partial charge in [-0.05, 0) is 26.7 Å². The van der Waals surface area contributed by atoms with Crippen molar-refractivity contribution in [3.63, 3.8) is 0 Å². The highest BCUT2D eigenvalue weighted by Gasteiger charge is 2.25. The molecule has 5 heteroatoms. The molecule has 0 atom stereocenters. The van der Waals surface area contributed by atoms with Crippen molar-refractivity contribution in [3.8, 4) is 0 Å². The number of carbonyl (C=O) groups is 1. The molecule has 0 unspecified atom stereocenters. The average Bonchev–Trinajstić information content (AvgIpc) is 3.10. The van der Waals surface area contributed by atoms with E-state index in [2.05, 4.69) is 15.1 Å². The Bertz CT molecular complexity index is 302. The van der Waals surface area contributed by atoms with E-state index in [1.807, 2.05) is 13.8 Å². The summed E-state index contributed by atoms with van der Waals surface area (Å²) < 4.78 is 0. The van der Waals surface area contributed by atoms with Crippen molar-refractivity contribution < 1.29 is 9.90 Å². The lowest BCUT2D eigenvalue weighted by atomic mass is 10.1. The summed E-state index contributed by atoms with van der Waals surface area (Å²) >= 11 is 0. The molecule has 0 aromatic carbocycles. The van der Waals surface area contributed by atoms with Gasteiger partial charge in [0.2, 0.25) is 5.91 Å². The number of carbonyl (C=O) groups excluding carboxylic acids is 1. The third-order valence-corrected chi connectivity index (χ3v) is 3.67. The third kappa shape index (κ3) is 5.89. The zero-order chi connectivity index (χ0) is 13.9. The van der Waals surface area contributed by atoms with E-state index in [0.29, 0.717) is 12.5 Å². The molecule has 2 aliphatic rings. The summed E-state index contributed by atoms with van der Waals surface area (Å²) in [6.07, 6.45) is 2.92. The number of piperazine rings is 1. The van der Waals surface area contributed by atoms with Gasteiger partial charge in [0.25, 0.3) is 0 Å². The van der Waals surface area contributed by atoms with Crippen LogP contribution < -0.4 is 5.32 Å². The predicted octanol–water partition coefficient (Wildman–Crippen LogP) is 0.0436. The molecule has 1 aliphatic carbocycles. The van der Waals surface area contributed by atoms with Crippen LogP contribution in [0.2, 0.25) is 0 Å². The molecule has 0 spiro atoms. The molecule has 0 aromatic heterocycles. The number of hydrogen-bond acceptors (Lipinski definition) is 4. The van der Waals surface area contributed by atoms with Crippen LogP contribution in [0.3, 0.4) is 0 Å². The minimum atomic E-state index is -0.619. The van der Waals surface area contributed by atoms with E-state index < -0.39 is 5.60 Å². The standard InChI is InChI=1S/C14H27N3O2/c1-14(2,19)11-17-9-7-16(8-10-17)6-5-13(18)15-12-3-4-12/h12,19H,3-11H2,1-2H3,(H,15,18). The fourth-order valence-corrected chi connectivity index (χ4v) is 2.51. The topological polar surface area (TPSA) is 55.8 Å². The fraction of sp³-hybridized carbons (Fsp3) is 0.929. The second kappa shape index (κ2) is 6.20. The molecule has 0 radical (unpaired) electrons. The number of rotatable bonds is 6. The summed E-state index contributed by atoms with van der Waals surface area (Å²) in [5.74, 6) is 0.196. The quantitative estimate of drug-likeness (QED) is 0.715. The summed E-state index contributed by atoms with van der Waals surface area (Å²) in [7, 11) is 0. The minimum absolute atomic E-state index is 0.196. The molecule has 1 saturated heterocycles. The first-order valence-electron chi connectivity index (χ1n) is 7.39. The van der Waals surface area contributed by atoms with E-state index in [0.717, 1.165) is 52.1 Å². The molecule has 110 valence electrons. The zero-order valence-electron chi connectivity index (χ0n) is 12.2. The maximum absolute atomic E-state index is 11.6. The molecule has 19 heavy (non-hydrogen) atoms. The summed E-state index contributed by atoms with van der Waals surface area (Å²) in [5, 5.41) is 12.8. The lowest BCUT2D eigenvalue weighted by molar-refractivity contribution is -0.121. The van der Waals surface area contributed by atoms with Crippen molar-refractivity contribution in [1.82, 2.24) is 15.1 Å². The van der Waals surface area contributed by atoms with Gasteiger partial charge in [-0.2, -0.15) is 0 Å². The number of aliphatic hydroxyl groups is 1. The van der Waals surface area contributed by atoms with Crippen LogP contribution in [0.4, 0.5) is 0 Å². The van der Waals surface area contributed by atoms with E-state index in [4.69, 9.17) is 0 Å². The van der Waals surface area contributed by atoms with Crippen LogP contribution >= 0.6 is 0 Å². The molecular weight excluding hydrogens is 242 g/mol. The van der Waals surface area contributed by atoms with Crippen LogP contribution in [-0.4, -0.2) is 71.7 Å². The first-order valence-corrected chi connectivity index (χ1v) is 7.39. The highest BCUT2D eigenvalue weighted by atomic mass is 16.3. The van der Waals surface area contributed by atoms with E-state index in [-0.39, 0.29) is 5.91 Å². The Labute approximate surface area is 115 Å². The first kappa shape index (κ1) is 14.8. The molecule has 0 aromatic rings. The van der Waals surface area contributed by atoms with Crippen LogP contribution in [0.5, 0.6) is 0 Å². The molecule has 1 heterocycles. The van der Waals surface area contributed by atoms with Gasteiger partial charge in [0.15, 0.2) is 0 Å². The lowest BCUT2D eigenvalue weighted by Gasteiger charge is -2.37. The van der Waals surface area contributed by atoms with E-state index in [1.165, 1.54) is 0 Å². The number of hydrogen-bond donors (Lipinski definition) is 2. The summed E-state index contributed by atoms with van der Waals surface area (Å²) in [6.45, 7) is 9.23. The van der Waals surface area contributed by atoms with Gasteiger partial charge in [0.1, 0.15) is 0 Å². The van der Waals surface area contributed by atoms with Crippen molar-refractivity contribution in [2.75, 3.05) is 39.3 Å². The molecular formula is C14H27N3O2. The highest BCUT2D eigenvalue weighted by molar-refractivity contribution is 5.76. The van der Waals surface area contributed by atoms with Crippen LogP contribution in [-0.2, 0) is 4.79 Å². The summed E-state index contributed by atoms with van der Waals surface area (Å²) in [6, 6.07) is 0.469. The van der Waals surface area contributed by atoms with Crippen molar-refractivity contribution in [2.24, 2.45) is 0 Å². The van der Waals surface area contributed by atoms with Crippen LogP contribution in [0.1, 0.15) is 33.1 Å². The highest BCUT2D eigenvalue weighted by Crippen LogP contribution is 2.18. The molecule has 1 aliphatic heterocycles. The molecule has 2 N–H and O–H groups in total. The van der Waals surface area contributed by atoms with Crippen molar-refractivity contribution in [2.45, 2.75) is 44.8 Å². The van der Waals surface area contributed by atoms with Crippen molar-refractivity contribution >= 4 is 5.91 Å². The van der Waals surface area contributed by atoms with Gasteiger partial charge in [-0.3, -0.25) is 9.69 Å². The second-order valence-electron chi connectivity index (χ2n) is 6.52. The number of amides is 1. The Kier molecular flexibility index (Phi) is 4.81. The lowest BCUT2D eigenvalue weighted by Crippen LogP contribution is -2.50. The Morgan fingerprint density at radius 1 is 1.21 bits per heavy atom. The zero-order valence-corrected chi connectivity index (χ0v) is 12.2. The summed E-state index contributed by atoms with van der Waals surface area (Å²) in [4.78, 5) is 16.2. The third-order valence-electron chi connectivity index (χ3n) is 3.67. The Hall–Kier alpha value is -0.650. The monoisotopic (exact) mass is 269 g/mol. The van der Waals surface area contributed by atoms with Gasteiger partial charge < -0.3 is 15.3 Å². The number of nitrogens with one attached hydrogen (secondary N) is 1. The maximum atomic E-state index is 11.6. The number of β-amino-alcohol motifs (C(OH)–C–C–N with tert-alkyl or cyclic N) is 1. The van der Waals surface area contributed by atoms with Crippen molar-refractivity contribution in [3.05, 3.63) is 0 Å². The molecule has 2 rings (SSSR count). The van der Waals surface area contributed by atoms with E-state index >= 15 is 0 Å². The molecule has 0 bridgehead atoms. The smallest absolute Gasteiger partial charge is 0.221 e. The van der Waals surface area contributed by atoms with Crippen molar-refractivity contribution in [1.29, 1.82) is 0 Å².